The predicted octanol–water partition coefficient (Wildman–Crippen LogP) is 2.55. The van der Waals surface area contributed by atoms with Crippen molar-refractivity contribution in [2.24, 2.45) is 5.11 Å². The molecule has 0 aromatic heterocycles. The zero-order chi connectivity index (χ0) is 9.52. The molecule has 1 rings (SSSR count). The number of rotatable bonds is 4. The number of ether oxygens (including phenoxy) is 1. The van der Waals surface area contributed by atoms with E-state index in [9.17, 15) is 0 Å². The third-order valence-electron chi connectivity index (χ3n) is 1.72. The molecule has 0 N–H and O–H groups in total. The van der Waals surface area contributed by atoms with Crippen molar-refractivity contribution in [3.05, 3.63) is 40.3 Å². The van der Waals surface area contributed by atoms with Crippen LogP contribution in [0.4, 0.5) is 0 Å². The third kappa shape index (κ3) is 3.05. The van der Waals surface area contributed by atoms with Gasteiger partial charge in [-0.3, -0.25) is 0 Å². The van der Waals surface area contributed by atoms with Crippen LogP contribution in [0, 0.1) is 0 Å². The summed E-state index contributed by atoms with van der Waals surface area (Å²) in [5.74, 6) is 0.840. The summed E-state index contributed by atoms with van der Waals surface area (Å²) in [6, 6.07) is 7.72. The minimum atomic E-state index is 0.503. The second-order valence-electron chi connectivity index (χ2n) is 2.55. The average molecular weight is 178 g/mol. The van der Waals surface area contributed by atoms with E-state index < -0.39 is 0 Å². The molecule has 0 saturated heterocycles. The summed E-state index contributed by atoms with van der Waals surface area (Å²) in [4.78, 5) is 2.68. The molecular formula is C9H11N3O. The van der Waals surface area contributed by atoms with Crippen LogP contribution in [0.1, 0.15) is 5.56 Å². The smallest absolute Gasteiger partial charge is 0.118 e. The van der Waals surface area contributed by atoms with Gasteiger partial charge in [0.2, 0.25) is 0 Å². The van der Waals surface area contributed by atoms with Gasteiger partial charge in [0.25, 0.3) is 0 Å². The number of benzene rings is 1. The molecule has 68 valence electrons. The van der Waals surface area contributed by atoms with Gasteiger partial charge in [-0.1, -0.05) is 17.2 Å². The Morgan fingerprint density at radius 1 is 1.38 bits per heavy atom. The molecule has 13 heavy (non-hydrogen) atoms. The van der Waals surface area contributed by atoms with E-state index in [0.29, 0.717) is 6.54 Å². The zero-order valence-corrected chi connectivity index (χ0v) is 7.47. The lowest BCUT2D eigenvalue weighted by atomic mass is 10.2. The average Bonchev–Trinajstić information content (AvgIpc) is 2.19. The molecule has 1 aromatic rings. The first-order valence-corrected chi connectivity index (χ1v) is 4.00. The van der Waals surface area contributed by atoms with Crippen LogP contribution in [-0.2, 0) is 6.42 Å². The molecule has 4 nitrogen and oxygen atoms in total. The third-order valence-corrected chi connectivity index (χ3v) is 1.72. The minimum Gasteiger partial charge on any atom is -0.497 e. The lowest BCUT2D eigenvalue weighted by Crippen LogP contribution is -1.88. The van der Waals surface area contributed by atoms with Crippen molar-refractivity contribution in [1.29, 1.82) is 0 Å². The largest absolute Gasteiger partial charge is 0.497 e. The summed E-state index contributed by atoms with van der Waals surface area (Å²) in [7, 11) is 1.63. The van der Waals surface area contributed by atoms with E-state index in [1.165, 1.54) is 0 Å². The maximum Gasteiger partial charge on any atom is 0.118 e. The summed E-state index contributed by atoms with van der Waals surface area (Å²) < 4.78 is 5.01. The van der Waals surface area contributed by atoms with Gasteiger partial charge in [-0.25, -0.2) is 0 Å². The van der Waals surface area contributed by atoms with Gasteiger partial charge in [-0.2, -0.15) is 0 Å². The fourth-order valence-electron chi connectivity index (χ4n) is 1.02. The van der Waals surface area contributed by atoms with Gasteiger partial charge in [-0.15, -0.1) is 0 Å². The van der Waals surface area contributed by atoms with Gasteiger partial charge in [0.05, 0.1) is 7.11 Å². The van der Waals surface area contributed by atoms with Gasteiger partial charge in [0.15, 0.2) is 0 Å². The molecule has 0 aliphatic heterocycles. The van der Waals surface area contributed by atoms with Crippen LogP contribution >= 0.6 is 0 Å². The van der Waals surface area contributed by atoms with E-state index in [1.54, 1.807) is 7.11 Å². The Kier molecular flexibility index (Phi) is 3.67. The summed E-state index contributed by atoms with van der Waals surface area (Å²) in [5, 5.41) is 3.46. The first kappa shape index (κ1) is 9.42. The van der Waals surface area contributed by atoms with Gasteiger partial charge in [0, 0.05) is 11.5 Å². The molecule has 0 radical (unpaired) electrons. The normalized spacial score (nSPS) is 9.00. The van der Waals surface area contributed by atoms with Crippen LogP contribution in [0.5, 0.6) is 5.75 Å². The van der Waals surface area contributed by atoms with E-state index >= 15 is 0 Å². The second-order valence-corrected chi connectivity index (χ2v) is 2.55. The fourth-order valence-corrected chi connectivity index (χ4v) is 1.02. The van der Waals surface area contributed by atoms with Crippen LogP contribution in [0.3, 0.4) is 0 Å². The summed E-state index contributed by atoms with van der Waals surface area (Å²) >= 11 is 0. The molecule has 0 aliphatic rings. The maximum absolute atomic E-state index is 8.06. The van der Waals surface area contributed by atoms with E-state index in [0.717, 1.165) is 17.7 Å². The van der Waals surface area contributed by atoms with Crippen LogP contribution < -0.4 is 4.74 Å². The highest BCUT2D eigenvalue weighted by molar-refractivity contribution is 5.27. The molecule has 0 atom stereocenters. The molecule has 0 fully saturated rings. The standard InChI is InChI=1S/C9H11N3O/c1-13-9-4-2-8(3-5-9)6-7-11-12-10/h2-5H,6-7H2,1H3/i6+1. The predicted molar refractivity (Wildman–Crippen MR) is 50.7 cm³/mol. The SMILES string of the molecule is COc1ccc([13CH2]CN=[N+]=[N-])cc1. The lowest BCUT2D eigenvalue weighted by molar-refractivity contribution is 0.414. The first-order valence-electron chi connectivity index (χ1n) is 4.00. The first-order chi connectivity index (χ1) is 6.36. The number of hydrogen-bond acceptors (Lipinski definition) is 2. The quantitative estimate of drug-likeness (QED) is 0.302. The molecule has 0 heterocycles. The molecular weight excluding hydrogens is 167 g/mol. The number of methoxy groups -OCH3 is 1. The van der Waals surface area contributed by atoms with Crippen molar-refractivity contribution in [2.45, 2.75) is 6.42 Å². The van der Waals surface area contributed by atoms with Gasteiger partial charge < -0.3 is 4.74 Å². The Hall–Kier alpha value is -1.67. The molecule has 4 heteroatoms. The highest BCUT2D eigenvalue weighted by atomic mass is 16.5. The number of hydrogen-bond donors (Lipinski definition) is 0. The number of azide groups is 1. The molecule has 1 aromatic carbocycles. The molecule has 0 amide bonds. The fraction of sp³-hybridized carbons (Fsp3) is 0.333. The monoisotopic (exact) mass is 178 g/mol. The van der Waals surface area contributed by atoms with Crippen LogP contribution in [0.2, 0.25) is 0 Å². The van der Waals surface area contributed by atoms with E-state index in [2.05, 4.69) is 10.0 Å². The maximum atomic E-state index is 8.06. The molecule has 0 unspecified atom stereocenters. The van der Waals surface area contributed by atoms with Crippen molar-refractivity contribution in [2.75, 3.05) is 13.7 Å². The Morgan fingerprint density at radius 3 is 2.62 bits per heavy atom. The topological polar surface area (TPSA) is 58.0 Å². The summed E-state index contributed by atoms with van der Waals surface area (Å²) in [5.41, 5.74) is 9.21. The lowest BCUT2D eigenvalue weighted by Gasteiger charge is -2.00. The highest BCUT2D eigenvalue weighted by Crippen LogP contribution is 2.11. The van der Waals surface area contributed by atoms with Gasteiger partial charge >= 0.3 is 0 Å². The van der Waals surface area contributed by atoms with Crippen LogP contribution in [-0.4, -0.2) is 13.7 Å². The van der Waals surface area contributed by atoms with E-state index in [1.807, 2.05) is 24.3 Å². The van der Waals surface area contributed by atoms with Crippen molar-refractivity contribution < 1.29 is 4.74 Å². The highest BCUT2D eigenvalue weighted by Gasteiger charge is 1.92. The molecule has 0 aliphatic carbocycles. The summed E-state index contributed by atoms with van der Waals surface area (Å²) in [6.07, 6.45) is 0.772. The van der Waals surface area contributed by atoms with Gasteiger partial charge in [0.1, 0.15) is 5.75 Å². The molecule has 0 spiro atoms. The molecule has 0 bridgehead atoms. The Labute approximate surface area is 76.8 Å². The Balaban J connectivity index is 2.53. The van der Waals surface area contributed by atoms with Crippen LogP contribution in [0.15, 0.2) is 29.4 Å². The van der Waals surface area contributed by atoms with Crippen molar-refractivity contribution >= 4 is 0 Å². The Morgan fingerprint density at radius 2 is 2.08 bits per heavy atom. The Bertz CT molecular complexity index is 301. The van der Waals surface area contributed by atoms with Crippen molar-refractivity contribution in [3.63, 3.8) is 0 Å². The number of nitrogens with zero attached hydrogens (tertiary/aromatic N) is 3. The van der Waals surface area contributed by atoms with Gasteiger partial charge in [-0.05, 0) is 29.6 Å². The van der Waals surface area contributed by atoms with Crippen molar-refractivity contribution in [1.82, 2.24) is 0 Å². The van der Waals surface area contributed by atoms with Crippen LogP contribution in [0.25, 0.3) is 10.4 Å². The van der Waals surface area contributed by atoms with E-state index in [-0.39, 0.29) is 0 Å². The minimum absolute atomic E-state index is 0.503. The second kappa shape index (κ2) is 5.06. The molecule has 0 saturated carbocycles. The van der Waals surface area contributed by atoms with Crippen molar-refractivity contribution in [3.8, 4) is 5.75 Å². The summed E-state index contributed by atoms with van der Waals surface area (Å²) in [6.45, 7) is 0.503. The zero-order valence-electron chi connectivity index (χ0n) is 7.47. The van der Waals surface area contributed by atoms with E-state index in [4.69, 9.17) is 10.3 Å².